The average molecular weight is 270 g/mol. The summed E-state index contributed by atoms with van der Waals surface area (Å²) in [7, 11) is 0. The number of aliphatic hydroxyl groups is 2. The van der Waals surface area contributed by atoms with Crippen molar-refractivity contribution in [2.75, 3.05) is 13.1 Å². The molecule has 0 radical (unpaired) electrons. The van der Waals surface area contributed by atoms with E-state index in [9.17, 15) is 15.0 Å². The number of nitrogens with one attached hydrogen (secondary N) is 1. The van der Waals surface area contributed by atoms with E-state index in [1.54, 1.807) is 4.90 Å². The molecular weight excluding hydrogens is 244 g/mol. The molecule has 3 aliphatic rings. The standard InChI is InChI=1S/C14H26N2O3/c1-4-11(15-8(2)3)14(19)10-6-16-7-12(17)9(10)5-13(16)18/h8-12,14-15,17,19H,4-7H2,1-3H3. The summed E-state index contributed by atoms with van der Waals surface area (Å²) >= 11 is 0. The Morgan fingerprint density at radius 2 is 2.11 bits per heavy atom. The van der Waals surface area contributed by atoms with Gasteiger partial charge in [-0.3, -0.25) is 4.79 Å². The molecular formula is C14H26N2O3. The first kappa shape index (κ1) is 14.8. The number of hydrogen-bond acceptors (Lipinski definition) is 4. The normalized spacial score (nSPS) is 33.9. The number of carbonyl (C=O) groups is 1. The summed E-state index contributed by atoms with van der Waals surface area (Å²) in [6.07, 6.45) is 0.221. The molecule has 5 unspecified atom stereocenters. The first-order valence-corrected chi connectivity index (χ1v) is 7.34. The zero-order valence-corrected chi connectivity index (χ0v) is 12.0. The third kappa shape index (κ3) is 2.93. The second-order valence-electron chi connectivity index (χ2n) is 6.22. The van der Waals surface area contributed by atoms with Crippen LogP contribution in [0.25, 0.3) is 0 Å². The maximum atomic E-state index is 11.7. The Balaban J connectivity index is 2.06. The molecule has 3 heterocycles. The fraction of sp³-hybridized carbons (Fsp3) is 0.929. The van der Waals surface area contributed by atoms with Gasteiger partial charge in [-0.25, -0.2) is 0 Å². The second kappa shape index (κ2) is 5.77. The topological polar surface area (TPSA) is 72.8 Å². The van der Waals surface area contributed by atoms with Crippen LogP contribution in [0, 0.1) is 11.8 Å². The van der Waals surface area contributed by atoms with Gasteiger partial charge in [0.1, 0.15) is 0 Å². The zero-order valence-electron chi connectivity index (χ0n) is 12.0. The van der Waals surface area contributed by atoms with Gasteiger partial charge in [-0.15, -0.1) is 0 Å². The average Bonchev–Trinajstić information content (AvgIpc) is 2.36. The van der Waals surface area contributed by atoms with Crippen LogP contribution in [0.1, 0.15) is 33.6 Å². The molecule has 5 atom stereocenters. The highest BCUT2D eigenvalue weighted by Gasteiger charge is 2.48. The van der Waals surface area contributed by atoms with Gasteiger partial charge in [-0.1, -0.05) is 20.8 Å². The largest absolute Gasteiger partial charge is 0.391 e. The fourth-order valence-corrected chi connectivity index (χ4v) is 3.48. The number of aliphatic hydroxyl groups excluding tert-OH is 2. The van der Waals surface area contributed by atoms with Crippen molar-refractivity contribution < 1.29 is 15.0 Å². The molecule has 0 aliphatic carbocycles. The van der Waals surface area contributed by atoms with Gasteiger partial charge in [0.25, 0.3) is 0 Å². The van der Waals surface area contributed by atoms with E-state index in [0.717, 1.165) is 6.42 Å². The molecule has 5 heteroatoms. The molecule has 2 bridgehead atoms. The van der Waals surface area contributed by atoms with E-state index in [0.29, 0.717) is 25.6 Å². The van der Waals surface area contributed by atoms with Crippen molar-refractivity contribution in [3.63, 3.8) is 0 Å². The van der Waals surface area contributed by atoms with Gasteiger partial charge in [0.2, 0.25) is 5.91 Å². The van der Waals surface area contributed by atoms with Crippen LogP contribution in [-0.4, -0.2) is 58.4 Å². The van der Waals surface area contributed by atoms with Crippen LogP contribution in [-0.2, 0) is 4.79 Å². The number of carbonyl (C=O) groups excluding carboxylic acids is 1. The lowest BCUT2D eigenvalue weighted by molar-refractivity contribution is -0.160. The SMILES string of the molecule is CCC(NC(C)C)C(O)C1CN2CC(O)C1CC2=O. The van der Waals surface area contributed by atoms with Gasteiger partial charge in [0.15, 0.2) is 0 Å². The van der Waals surface area contributed by atoms with Crippen LogP contribution in [0.4, 0.5) is 0 Å². The highest BCUT2D eigenvalue weighted by atomic mass is 16.3. The van der Waals surface area contributed by atoms with Gasteiger partial charge in [-0.05, 0) is 6.42 Å². The van der Waals surface area contributed by atoms with Crippen LogP contribution < -0.4 is 5.32 Å². The predicted octanol–water partition coefficient (Wildman–Crippen LogP) is -0.0369. The summed E-state index contributed by atoms with van der Waals surface area (Å²) in [6, 6.07) is 0.333. The molecule has 0 aromatic carbocycles. The van der Waals surface area contributed by atoms with Crippen molar-refractivity contribution in [1.82, 2.24) is 10.2 Å². The highest BCUT2D eigenvalue weighted by molar-refractivity contribution is 5.78. The number of amides is 1. The number of rotatable bonds is 5. The van der Waals surface area contributed by atoms with Crippen LogP contribution in [0.15, 0.2) is 0 Å². The molecule has 19 heavy (non-hydrogen) atoms. The minimum atomic E-state index is -0.511. The van der Waals surface area contributed by atoms with Gasteiger partial charge < -0.3 is 20.4 Å². The molecule has 3 saturated heterocycles. The van der Waals surface area contributed by atoms with Crippen LogP contribution in [0.2, 0.25) is 0 Å². The highest BCUT2D eigenvalue weighted by Crippen LogP contribution is 2.36. The third-order valence-electron chi connectivity index (χ3n) is 4.48. The molecule has 0 aromatic rings. The summed E-state index contributed by atoms with van der Waals surface area (Å²) in [5.74, 6) is 0.0109. The van der Waals surface area contributed by atoms with Gasteiger partial charge in [0.05, 0.1) is 12.2 Å². The van der Waals surface area contributed by atoms with E-state index < -0.39 is 12.2 Å². The summed E-state index contributed by atoms with van der Waals surface area (Å²) in [5.41, 5.74) is 0. The van der Waals surface area contributed by atoms with Crippen molar-refractivity contribution in [2.45, 2.75) is 57.9 Å². The van der Waals surface area contributed by atoms with E-state index in [4.69, 9.17) is 0 Å². The summed E-state index contributed by atoms with van der Waals surface area (Å²) in [5, 5.41) is 24.0. The molecule has 3 N–H and O–H groups in total. The molecule has 0 aromatic heterocycles. The van der Waals surface area contributed by atoms with E-state index >= 15 is 0 Å². The number of nitrogens with zero attached hydrogens (tertiary/aromatic N) is 1. The van der Waals surface area contributed by atoms with Crippen LogP contribution >= 0.6 is 0 Å². The smallest absolute Gasteiger partial charge is 0.223 e. The Morgan fingerprint density at radius 1 is 1.42 bits per heavy atom. The Labute approximate surface area is 115 Å². The van der Waals surface area contributed by atoms with Crippen molar-refractivity contribution in [2.24, 2.45) is 11.8 Å². The summed E-state index contributed by atoms with van der Waals surface area (Å²) in [4.78, 5) is 13.4. The maximum absolute atomic E-state index is 11.7. The monoisotopic (exact) mass is 270 g/mol. The zero-order chi connectivity index (χ0) is 14.2. The molecule has 0 spiro atoms. The Hall–Kier alpha value is -0.650. The lowest BCUT2D eigenvalue weighted by atomic mass is 9.72. The first-order chi connectivity index (χ1) is 8.93. The molecule has 3 rings (SSSR count). The number of hydrogen-bond donors (Lipinski definition) is 3. The first-order valence-electron chi connectivity index (χ1n) is 7.34. The maximum Gasteiger partial charge on any atom is 0.223 e. The predicted molar refractivity (Wildman–Crippen MR) is 72.5 cm³/mol. The molecule has 3 fully saturated rings. The summed E-state index contributed by atoms with van der Waals surface area (Å²) < 4.78 is 0. The third-order valence-corrected chi connectivity index (χ3v) is 4.48. The number of piperidine rings is 3. The van der Waals surface area contributed by atoms with Crippen molar-refractivity contribution in [1.29, 1.82) is 0 Å². The Bertz CT molecular complexity index is 335. The fourth-order valence-electron chi connectivity index (χ4n) is 3.48. The van der Waals surface area contributed by atoms with Gasteiger partial charge >= 0.3 is 0 Å². The van der Waals surface area contributed by atoms with E-state index in [2.05, 4.69) is 19.2 Å². The lowest BCUT2D eigenvalue weighted by Crippen LogP contribution is -2.63. The van der Waals surface area contributed by atoms with E-state index in [1.165, 1.54) is 0 Å². The van der Waals surface area contributed by atoms with Gasteiger partial charge in [0, 0.05) is 43.4 Å². The minimum absolute atomic E-state index is 0.0161. The Kier molecular flexibility index (Phi) is 4.48. The lowest BCUT2D eigenvalue weighted by Gasteiger charge is -2.50. The summed E-state index contributed by atoms with van der Waals surface area (Å²) in [6.45, 7) is 7.18. The molecule has 110 valence electrons. The second-order valence-corrected chi connectivity index (χ2v) is 6.22. The molecule has 1 amide bonds. The van der Waals surface area contributed by atoms with Crippen LogP contribution in [0.3, 0.4) is 0 Å². The quantitative estimate of drug-likeness (QED) is 0.655. The molecule has 3 aliphatic heterocycles. The molecule has 0 saturated carbocycles. The van der Waals surface area contributed by atoms with Gasteiger partial charge in [-0.2, -0.15) is 0 Å². The Morgan fingerprint density at radius 3 is 2.63 bits per heavy atom. The van der Waals surface area contributed by atoms with Crippen molar-refractivity contribution in [3.8, 4) is 0 Å². The van der Waals surface area contributed by atoms with E-state index in [1.807, 2.05) is 6.92 Å². The number of fused-ring (bicyclic) bond motifs is 3. The van der Waals surface area contributed by atoms with Crippen molar-refractivity contribution in [3.05, 3.63) is 0 Å². The van der Waals surface area contributed by atoms with E-state index in [-0.39, 0.29) is 23.8 Å². The molecule has 5 nitrogen and oxygen atoms in total. The van der Waals surface area contributed by atoms with Crippen molar-refractivity contribution >= 4 is 5.91 Å². The minimum Gasteiger partial charge on any atom is -0.391 e. The van der Waals surface area contributed by atoms with Crippen LogP contribution in [0.5, 0.6) is 0 Å².